The van der Waals surface area contributed by atoms with Crippen molar-refractivity contribution in [2.24, 2.45) is 0 Å². The highest BCUT2D eigenvalue weighted by Crippen LogP contribution is 2.42. The van der Waals surface area contributed by atoms with Crippen LogP contribution < -0.4 is 4.90 Å². The molecule has 9 aromatic carbocycles. The van der Waals surface area contributed by atoms with E-state index in [-0.39, 0.29) is 0 Å². The Morgan fingerprint density at radius 1 is 0.280 bits per heavy atom. The summed E-state index contributed by atoms with van der Waals surface area (Å²) in [5, 5.41) is 10.0. The lowest BCUT2D eigenvalue weighted by Gasteiger charge is -2.26. The summed E-state index contributed by atoms with van der Waals surface area (Å²) in [7, 11) is 0. The summed E-state index contributed by atoms with van der Waals surface area (Å²) in [6.45, 7) is 0. The van der Waals surface area contributed by atoms with Crippen molar-refractivity contribution in [2.45, 2.75) is 0 Å². The van der Waals surface area contributed by atoms with E-state index in [9.17, 15) is 0 Å². The molecule has 1 aromatic heterocycles. The average Bonchev–Trinajstić information content (AvgIpc) is 3.55. The van der Waals surface area contributed by atoms with Gasteiger partial charge >= 0.3 is 0 Å². The predicted octanol–water partition coefficient (Wildman–Crippen LogP) is 14.3. The predicted molar refractivity (Wildman–Crippen MR) is 217 cm³/mol. The fraction of sp³-hybridized carbons (Fsp3) is 0. The van der Waals surface area contributed by atoms with E-state index in [2.05, 4.69) is 193 Å². The van der Waals surface area contributed by atoms with Crippen molar-refractivity contribution < 1.29 is 0 Å². The first kappa shape index (κ1) is 28.8. The van der Waals surface area contributed by atoms with E-state index in [0.717, 1.165) is 17.1 Å². The lowest BCUT2D eigenvalue weighted by molar-refractivity contribution is 1.30. The maximum atomic E-state index is 2.40. The molecule has 234 valence electrons. The fourth-order valence-corrected chi connectivity index (χ4v) is 8.54. The van der Waals surface area contributed by atoms with Crippen LogP contribution in [0.5, 0.6) is 0 Å². The first-order valence-corrected chi connectivity index (χ1v) is 17.9. The van der Waals surface area contributed by atoms with Crippen LogP contribution in [0.25, 0.3) is 74.7 Å². The number of thiophene rings is 1. The van der Waals surface area contributed by atoms with Gasteiger partial charge in [0.1, 0.15) is 0 Å². The quantitative estimate of drug-likeness (QED) is 0.179. The van der Waals surface area contributed by atoms with Crippen molar-refractivity contribution in [3.63, 3.8) is 0 Å². The molecule has 0 amide bonds. The van der Waals surface area contributed by atoms with Gasteiger partial charge in [-0.05, 0) is 115 Å². The van der Waals surface area contributed by atoms with E-state index in [4.69, 9.17) is 0 Å². The molecule has 0 saturated carbocycles. The van der Waals surface area contributed by atoms with Gasteiger partial charge in [-0.25, -0.2) is 0 Å². The second kappa shape index (κ2) is 11.7. The first-order chi connectivity index (χ1) is 24.7. The molecule has 1 nitrogen and oxygen atoms in total. The standard InChI is InChI=1S/C48H31NS/c1-2-8-32(9-3-1)36-16-14-34-15-17-38(28-41(34)27-36)37-18-19-40-30-43(23-21-39(40)26-37)49(42-22-20-33-10-4-5-11-35(33)29-42)44-24-25-46-45-12-6-7-13-47(45)50-48(46)31-44/h1-31H. The molecule has 0 N–H and O–H groups in total. The second-order valence-corrected chi connectivity index (χ2v) is 14.1. The number of rotatable bonds is 5. The monoisotopic (exact) mass is 653 g/mol. The molecule has 0 spiro atoms. The first-order valence-electron chi connectivity index (χ1n) is 17.1. The normalized spacial score (nSPS) is 11.6. The highest BCUT2D eigenvalue weighted by atomic mass is 32.1. The third kappa shape index (κ3) is 5.01. The van der Waals surface area contributed by atoms with Crippen LogP contribution in [0.4, 0.5) is 17.1 Å². The van der Waals surface area contributed by atoms with E-state index >= 15 is 0 Å². The molecular formula is C48H31NS. The van der Waals surface area contributed by atoms with Gasteiger partial charge in [-0.1, -0.05) is 127 Å². The Balaban J connectivity index is 1.07. The summed E-state index contributed by atoms with van der Waals surface area (Å²) in [5.74, 6) is 0. The minimum absolute atomic E-state index is 1.14. The van der Waals surface area contributed by atoms with Crippen LogP contribution in [0.3, 0.4) is 0 Å². The zero-order chi connectivity index (χ0) is 33.0. The molecule has 1 heterocycles. The van der Waals surface area contributed by atoms with Crippen LogP contribution in [-0.4, -0.2) is 0 Å². The molecule has 50 heavy (non-hydrogen) atoms. The number of hydrogen-bond acceptors (Lipinski definition) is 2. The number of hydrogen-bond donors (Lipinski definition) is 0. The molecule has 10 rings (SSSR count). The van der Waals surface area contributed by atoms with E-state index < -0.39 is 0 Å². The van der Waals surface area contributed by atoms with Crippen LogP contribution in [0, 0.1) is 0 Å². The average molecular weight is 654 g/mol. The Kier molecular flexibility index (Phi) is 6.75. The van der Waals surface area contributed by atoms with Crippen molar-refractivity contribution >= 4 is 80.9 Å². The van der Waals surface area contributed by atoms with Crippen molar-refractivity contribution in [1.29, 1.82) is 0 Å². The number of fused-ring (bicyclic) bond motifs is 6. The summed E-state index contributed by atoms with van der Waals surface area (Å²) in [4.78, 5) is 2.40. The largest absolute Gasteiger partial charge is 0.310 e. The van der Waals surface area contributed by atoms with Gasteiger partial charge < -0.3 is 4.90 Å². The zero-order valence-corrected chi connectivity index (χ0v) is 28.1. The maximum Gasteiger partial charge on any atom is 0.0476 e. The third-order valence-corrected chi connectivity index (χ3v) is 11.1. The summed E-state index contributed by atoms with van der Waals surface area (Å²) < 4.78 is 2.62. The van der Waals surface area contributed by atoms with E-state index in [1.165, 1.54) is 74.7 Å². The lowest BCUT2D eigenvalue weighted by Crippen LogP contribution is -2.09. The van der Waals surface area contributed by atoms with Gasteiger partial charge in [-0.15, -0.1) is 11.3 Å². The summed E-state index contributed by atoms with van der Waals surface area (Å²) in [6.07, 6.45) is 0. The third-order valence-electron chi connectivity index (χ3n) is 9.97. The van der Waals surface area contributed by atoms with Crippen molar-refractivity contribution in [1.82, 2.24) is 0 Å². The minimum atomic E-state index is 1.14. The fourth-order valence-electron chi connectivity index (χ4n) is 7.40. The Morgan fingerprint density at radius 3 is 1.54 bits per heavy atom. The molecule has 0 aliphatic rings. The summed E-state index contributed by atoms with van der Waals surface area (Å²) >= 11 is 1.86. The van der Waals surface area contributed by atoms with Crippen LogP contribution in [0.1, 0.15) is 0 Å². The molecule has 0 radical (unpaired) electrons. The maximum absolute atomic E-state index is 2.40. The molecule has 2 heteroatoms. The van der Waals surface area contributed by atoms with Crippen LogP contribution in [0.2, 0.25) is 0 Å². The zero-order valence-electron chi connectivity index (χ0n) is 27.3. The van der Waals surface area contributed by atoms with Gasteiger partial charge in [0.05, 0.1) is 0 Å². The SMILES string of the molecule is c1ccc(-c2ccc3ccc(-c4ccc5cc(N(c6ccc7ccccc7c6)c6ccc7c(c6)sc6ccccc67)ccc5c4)cc3c2)cc1. The van der Waals surface area contributed by atoms with Gasteiger partial charge in [0.2, 0.25) is 0 Å². The van der Waals surface area contributed by atoms with Crippen molar-refractivity contribution in [2.75, 3.05) is 4.90 Å². The highest BCUT2D eigenvalue weighted by Gasteiger charge is 2.16. The minimum Gasteiger partial charge on any atom is -0.310 e. The molecule has 0 bridgehead atoms. The summed E-state index contributed by atoms with van der Waals surface area (Å²) in [6, 6.07) is 68.9. The molecule has 10 aromatic rings. The van der Waals surface area contributed by atoms with Crippen LogP contribution >= 0.6 is 11.3 Å². The molecule has 0 atom stereocenters. The van der Waals surface area contributed by atoms with Crippen LogP contribution in [-0.2, 0) is 0 Å². The molecule has 0 fully saturated rings. The molecule has 0 aliphatic carbocycles. The summed E-state index contributed by atoms with van der Waals surface area (Å²) in [5.41, 5.74) is 8.36. The smallest absolute Gasteiger partial charge is 0.0476 e. The topological polar surface area (TPSA) is 3.24 Å². The molecule has 0 saturated heterocycles. The Hall–Kier alpha value is -6.22. The Labute approximate surface area is 294 Å². The van der Waals surface area contributed by atoms with E-state index in [1.807, 2.05) is 11.3 Å². The number of nitrogens with zero attached hydrogens (tertiary/aromatic N) is 1. The van der Waals surface area contributed by atoms with E-state index in [0.29, 0.717) is 0 Å². The van der Waals surface area contributed by atoms with Gasteiger partial charge in [0, 0.05) is 37.2 Å². The Bertz CT molecular complexity index is 2880. The molecule has 0 aliphatic heterocycles. The van der Waals surface area contributed by atoms with Crippen LogP contribution in [0.15, 0.2) is 188 Å². The van der Waals surface area contributed by atoms with Gasteiger partial charge in [0.15, 0.2) is 0 Å². The lowest BCUT2D eigenvalue weighted by atomic mass is 9.96. The van der Waals surface area contributed by atoms with Crippen molar-refractivity contribution in [3.8, 4) is 22.3 Å². The van der Waals surface area contributed by atoms with Gasteiger partial charge in [-0.2, -0.15) is 0 Å². The van der Waals surface area contributed by atoms with Gasteiger partial charge in [0.25, 0.3) is 0 Å². The number of anilines is 3. The second-order valence-electron chi connectivity index (χ2n) is 13.0. The number of benzene rings is 9. The highest BCUT2D eigenvalue weighted by molar-refractivity contribution is 7.25. The van der Waals surface area contributed by atoms with Gasteiger partial charge in [-0.3, -0.25) is 0 Å². The van der Waals surface area contributed by atoms with E-state index in [1.54, 1.807) is 0 Å². The Morgan fingerprint density at radius 2 is 0.760 bits per heavy atom. The molecule has 0 unspecified atom stereocenters. The molecular weight excluding hydrogens is 623 g/mol. The van der Waals surface area contributed by atoms with Crippen molar-refractivity contribution in [3.05, 3.63) is 188 Å².